The number of aliphatic carboxylic acids is 1. The van der Waals surface area contributed by atoms with Crippen LogP contribution >= 0.6 is 0 Å². The normalized spacial score (nSPS) is 11.9. The lowest BCUT2D eigenvalue weighted by Gasteiger charge is -2.24. The molecule has 19 heavy (non-hydrogen) atoms. The van der Waals surface area contributed by atoms with E-state index in [0.29, 0.717) is 25.9 Å². The van der Waals surface area contributed by atoms with Crippen molar-refractivity contribution in [2.45, 2.75) is 52.0 Å². The van der Waals surface area contributed by atoms with Crippen LogP contribution in [0.2, 0.25) is 0 Å². The molecule has 0 aromatic heterocycles. The van der Waals surface area contributed by atoms with Crippen LogP contribution in [0.1, 0.15) is 46.0 Å². The number of hydrogen-bond acceptors (Lipinski definition) is 3. The fourth-order valence-corrected chi connectivity index (χ4v) is 1.72. The number of carboxylic acids is 1. The Bertz CT molecular complexity index is 271. The average Bonchev–Trinajstić information content (AvgIpc) is 2.33. The SMILES string of the molecule is CCCCN(CCO)C(=O)NC(C)CCCC(=O)O. The van der Waals surface area contributed by atoms with Gasteiger partial charge >= 0.3 is 12.0 Å². The predicted molar refractivity (Wildman–Crippen MR) is 73.0 cm³/mol. The number of carbonyl (C=O) groups is 2. The van der Waals surface area contributed by atoms with E-state index < -0.39 is 5.97 Å². The first-order chi connectivity index (χ1) is 9.01. The minimum absolute atomic E-state index is 0.0511. The van der Waals surface area contributed by atoms with Gasteiger partial charge in [-0.3, -0.25) is 4.79 Å². The number of unbranched alkanes of at least 4 members (excludes halogenated alkanes) is 1. The molecule has 0 fully saturated rings. The van der Waals surface area contributed by atoms with Gasteiger partial charge in [0.25, 0.3) is 0 Å². The van der Waals surface area contributed by atoms with Crippen LogP contribution in [0.15, 0.2) is 0 Å². The van der Waals surface area contributed by atoms with Crippen LogP contribution < -0.4 is 5.32 Å². The Morgan fingerprint density at radius 3 is 2.47 bits per heavy atom. The molecule has 0 bridgehead atoms. The van der Waals surface area contributed by atoms with Gasteiger partial charge in [0, 0.05) is 25.6 Å². The third-order valence-electron chi connectivity index (χ3n) is 2.84. The van der Waals surface area contributed by atoms with Gasteiger partial charge < -0.3 is 20.4 Å². The summed E-state index contributed by atoms with van der Waals surface area (Å²) in [6.07, 6.45) is 3.20. The zero-order valence-corrected chi connectivity index (χ0v) is 11.9. The molecule has 0 radical (unpaired) electrons. The first-order valence-corrected chi connectivity index (χ1v) is 6.89. The minimum atomic E-state index is -0.816. The maximum atomic E-state index is 11.9. The quantitative estimate of drug-likeness (QED) is 0.562. The topological polar surface area (TPSA) is 89.9 Å². The number of carboxylic acid groups (broad SMARTS) is 1. The highest BCUT2D eigenvalue weighted by Gasteiger charge is 2.14. The van der Waals surface area contributed by atoms with Crippen LogP contribution in [0, 0.1) is 0 Å². The summed E-state index contributed by atoms with van der Waals surface area (Å²) in [6.45, 7) is 4.81. The molecule has 0 spiro atoms. The van der Waals surface area contributed by atoms with Gasteiger partial charge in [-0.1, -0.05) is 13.3 Å². The average molecular weight is 274 g/mol. The smallest absolute Gasteiger partial charge is 0.317 e. The van der Waals surface area contributed by atoms with E-state index in [0.717, 1.165) is 12.8 Å². The lowest BCUT2D eigenvalue weighted by molar-refractivity contribution is -0.137. The molecule has 1 atom stereocenters. The third-order valence-corrected chi connectivity index (χ3v) is 2.84. The number of hydrogen-bond donors (Lipinski definition) is 3. The molecule has 0 aliphatic carbocycles. The Balaban J connectivity index is 4.03. The first-order valence-electron chi connectivity index (χ1n) is 6.89. The molecule has 0 aliphatic rings. The Morgan fingerprint density at radius 2 is 1.95 bits per heavy atom. The molecular weight excluding hydrogens is 248 g/mol. The molecule has 6 heteroatoms. The van der Waals surface area contributed by atoms with Crippen LogP contribution in [0.3, 0.4) is 0 Å². The van der Waals surface area contributed by atoms with E-state index in [9.17, 15) is 9.59 Å². The number of amides is 2. The van der Waals surface area contributed by atoms with Gasteiger partial charge in [-0.05, 0) is 26.2 Å². The van der Waals surface area contributed by atoms with Crippen LogP contribution in [0.25, 0.3) is 0 Å². The van der Waals surface area contributed by atoms with Crippen LogP contribution in [0.4, 0.5) is 4.79 Å². The number of aliphatic hydroxyl groups is 1. The summed E-state index contributed by atoms with van der Waals surface area (Å²) in [4.78, 5) is 23.9. The molecule has 0 aromatic rings. The van der Waals surface area contributed by atoms with Gasteiger partial charge in [-0.25, -0.2) is 4.79 Å². The monoisotopic (exact) mass is 274 g/mol. The maximum Gasteiger partial charge on any atom is 0.317 e. The van der Waals surface area contributed by atoms with Gasteiger partial charge in [0.1, 0.15) is 0 Å². The number of aliphatic hydroxyl groups excluding tert-OH is 1. The van der Waals surface area contributed by atoms with Crippen molar-refractivity contribution in [3.05, 3.63) is 0 Å². The highest BCUT2D eigenvalue weighted by molar-refractivity contribution is 5.74. The van der Waals surface area contributed by atoms with Crippen molar-refractivity contribution < 1.29 is 19.8 Å². The lowest BCUT2D eigenvalue weighted by atomic mass is 10.1. The van der Waals surface area contributed by atoms with Crippen LogP contribution in [-0.2, 0) is 4.79 Å². The Morgan fingerprint density at radius 1 is 1.26 bits per heavy atom. The standard InChI is InChI=1S/C13H26N2O4/c1-3-4-8-15(9-10-16)13(19)14-11(2)6-5-7-12(17)18/h11,16H,3-10H2,1-2H3,(H,14,19)(H,17,18). The van der Waals surface area contributed by atoms with Crippen molar-refractivity contribution in [3.8, 4) is 0 Å². The van der Waals surface area contributed by atoms with E-state index in [2.05, 4.69) is 5.32 Å². The van der Waals surface area contributed by atoms with Gasteiger partial charge in [0.2, 0.25) is 0 Å². The number of nitrogens with zero attached hydrogens (tertiary/aromatic N) is 1. The number of carbonyl (C=O) groups excluding carboxylic acids is 1. The fraction of sp³-hybridized carbons (Fsp3) is 0.846. The predicted octanol–water partition coefficient (Wildman–Crippen LogP) is 1.43. The molecule has 0 saturated carbocycles. The lowest BCUT2D eigenvalue weighted by Crippen LogP contribution is -2.45. The molecule has 6 nitrogen and oxygen atoms in total. The summed E-state index contributed by atoms with van der Waals surface area (Å²) in [5.41, 5.74) is 0. The summed E-state index contributed by atoms with van der Waals surface area (Å²) in [5.74, 6) is -0.816. The second kappa shape index (κ2) is 10.6. The summed E-state index contributed by atoms with van der Waals surface area (Å²) in [6, 6.07) is -0.250. The molecule has 1 unspecified atom stereocenters. The third kappa shape index (κ3) is 9.30. The van der Waals surface area contributed by atoms with E-state index in [-0.39, 0.29) is 25.1 Å². The number of urea groups is 1. The van der Waals surface area contributed by atoms with E-state index >= 15 is 0 Å². The van der Waals surface area contributed by atoms with Crippen LogP contribution in [-0.4, -0.2) is 52.9 Å². The molecule has 0 rings (SSSR count). The number of nitrogens with one attached hydrogen (secondary N) is 1. The molecule has 3 N–H and O–H groups in total. The Hall–Kier alpha value is -1.30. The van der Waals surface area contributed by atoms with E-state index in [1.807, 2.05) is 13.8 Å². The van der Waals surface area contributed by atoms with Gasteiger partial charge in [0.05, 0.1) is 6.61 Å². The molecule has 0 aromatic carbocycles. The highest BCUT2D eigenvalue weighted by Crippen LogP contribution is 2.02. The van der Waals surface area contributed by atoms with Gasteiger partial charge in [0.15, 0.2) is 0 Å². The molecular formula is C13H26N2O4. The van der Waals surface area contributed by atoms with Gasteiger partial charge in [-0.15, -0.1) is 0 Å². The van der Waals surface area contributed by atoms with E-state index in [1.165, 1.54) is 0 Å². The largest absolute Gasteiger partial charge is 0.481 e. The zero-order chi connectivity index (χ0) is 14.7. The molecule has 112 valence electrons. The Kier molecular flexibility index (Phi) is 9.88. The van der Waals surface area contributed by atoms with Crippen molar-refractivity contribution in [2.24, 2.45) is 0 Å². The molecule has 0 heterocycles. The van der Waals surface area contributed by atoms with Crippen molar-refractivity contribution in [1.29, 1.82) is 0 Å². The fourth-order valence-electron chi connectivity index (χ4n) is 1.72. The molecule has 0 saturated heterocycles. The second-order valence-corrected chi connectivity index (χ2v) is 4.70. The maximum absolute atomic E-state index is 11.9. The Labute approximate surface area is 114 Å². The minimum Gasteiger partial charge on any atom is -0.481 e. The van der Waals surface area contributed by atoms with Crippen molar-refractivity contribution in [3.63, 3.8) is 0 Å². The molecule has 2 amide bonds. The van der Waals surface area contributed by atoms with Gasteiger partial charge in [-0.2, -0.15) is 0 Å². The van der Waals surface area contributed by atoms with E-state index in [1.54, 1.807) is 4.90 Å². The van der Waals surface area contributed by atoms with Crippen molar-refractivity contribution >= 4 is 12.0 Å². The van der Waals surface area contributed by atoms with Crippen LogP contribution in [0.5, 0.6) is 0 Å². The summed E-state index contributed by atoms with van der Waals surface area (Å²) >= 11 is 0. The van der Waals surface area contributed by atoms with Crippen molar-refractivity contribution in [1.82, 2.24) is 10.2 Å². The first kappa shape index (κ1) is 17.7. The number of rotatable bonds is 10. The zero-order valence-electron chi connectivity index (χ0n) is 11.9. The molecule has 0 aliphatic heterocycles. The second-order valence-electron chi connectivity index (χ2n) is 4.70. The summed E-state index contributed by atoms with van der Waals surface area (Å²) in [5, 5.41) is 20.3. The highest BCUT2D eigenvalue weighted by atomic mass is 16.4. The summed E-state index contributed by atoms with van der Waals surface area (Å²) < 4.78 is 0. The summed E-state index contributed by atoms with van der Waals surface area (Å²) in [7, 11) is 0. The van der Waals surface area contributed by atoms with E-state index in [4.69, 9.17) is 10.2 Å². The van der Waals surface area contributed by atoms with Crippen molar-refractivity contribution in [2.75, 3.05) is 19.7 Å².